The molecule has 0 atom stereocenters. The zero-order valence-electron chi connectivity index (χ0n) is 9.67. The maximum absolute atomic E-state index is 4.41. The van der Waals surface area contributed by atoms with Gasteiger partial charge in [0.2, 0.25) is 0 Å². The van der Waals surface area contributed by atoms with Crippen molar-refractivity contribution in [2.24, 2.45) is 11.0 Å². The average molecular weight is 212 g/mol. The van der Waals surface area contributed by atoms with Crippen molar-refractivity contribution in [2.75, 3.05) is 12.1 Å². The predicted molar refractivity (Wildman–Crippen MR) is 69.8 cm³/mol. The highest BCUT2D eigenvalue weighted by molar-refractivity contribution is 5.68. The Morgan fingerprint density at radius 2 is 1.75 bits per heavy atom. The second-order valence-corrected chi connectivity index (χ2v) is 3.97. The molecular formula is C14H16N2. The van der Waals surface area contributed by atoms with Gasteiger partial charge in [0.15, 0.2) is 0 Å². The molecule has 0 N–H and O–H groups in total. The Bertz CT molecular complexity index is 415. The highest BCUT2D eigenvalue weighted by atomic mass is 15.4. The number of hydrogen-bond acceptors (Lipinski definition) is 2. The Morgan fingerprint density at radius 1 is 1.12 bits per heavy atom. The summed E-state index contributed by atoms with van der Waals surface area (Å²) in [6.07, 6.45) is 10.3. The molecule has 2 rings (SSSR count). The van der Waals surface area contributed by atoms with Crippen molar-refractivity contribution < 1.29 is 0 Å². The third-order valence-corrected chi connectivity index (χ3v) is 2.60. The molecule has 0 heterocycles. The van der Waals surface area contributed by atoms with E-state index in [1.165, 1.54) is 5.56 Å². The minimum Gasteiger partial charge on any atom is -0.269 e. The summed E-state index contributed by atoms with van der Waals surface area (Å²) < 4.78 is 0. The Morgan fingerprint density at radius 3 is 2.38 bits per heavy atom. The molecule has 1 aliphatic rings. The van der Waals surface area contributed by atoms with Crippen LogP contribution in [0.5, 0.6) is 0 Å². The first-order valence-electron chi connectivity index (χ1n) is 5.45. The lowest BCUT2D eigenvalue weighted by Crippen LogP contribution is -2.09. The number of benzene rings is 1. The lowest BCUT2D eigenvalue weighted by atomic mass is 10.2. The van der Waals surface area contributed by atoms with Crippen molar-refractivity contribution in [3.63, 3.8) is 0 Å². The summed E-state index contributed by atoms with van der Waals surface area (Å²) in [6, 6.07) is 8.34. The van der Waals surface area contributed by atoms with Crippen molar-refractivity contribution in [1.82, 2.24) is 0 Å². The van der Waals surface area contributed by atoms with E-state index in [2.05, 4.69) is 48.4 Å². The Kier molecular flexibility index (Phi) is 3.20. The van der Waals surface area contributed by atoms with E-state index in [0.29, 0.717) is 5.92 Å². The molecule has 0 saturated heterocycles. The maximum atomic E-state index is 4.41. The summed E-state index contributed by atoms with van der Waals surface area (Å²) in [5.41, 5.74) is 2.37. The number of anilines is 1. The van der Waals surface area contributed by atoms with Crippen LogP contribution in [0.3, 0.4) is 0 Å². The third kappa shape index (κ3) is 2.60. The van der Waals surface area contributed by atoms with Gasteiger partial charge in [-0.25, -0.2) is 0 Å². The van der Waals surface area contributed by atoms with Gasteiger partial charge in [-0.05, 0) is 19.1 Å². The van der Waals surface area contributed by atoms with Gasteiger partial charge in [-0.2, -0.15) is 5.10 Å². The highest BCUT2D eigenvalue weighted by Crippen LogP contribution is 2.14. The summed E-state index contributed by atoms with van der Waals surface area (Å²) in [6.45, 7) is 2.08. The van der Waals surface area contributed by atoms with Crippen LogP contribution in [0.25, 0.3) is 0 Å². The lowest BCUT2D eigenvalue weighted by Gasteiger charge is -2.13. The van der Waals surface area contributed by atoms with E-state index in [9.17, 15) is 0 Å². The molecule has 0 aromatic heterocycles. The first kappa shape index (κ1) is 10.7. The van der Waals surface area contributed by atoms with Crippen LogP contribution >= 0.6 is 0 Å². The van der Waals surface area contributed by atoms with Crippen molar-refractivity contribution in [3.05, 3.63) is 54.1 Å². The molecule has 0 bridgehead atoms. The third-order valence-electron chi connectivity index (χ3n) is 2.60. The van der Waals surface area contributed by atoms with E-state index < -0.39 is 0 Å². The Balaban J connectivity index is 2.02. The van der Waals surface area contributed by atoms with Gasteiger partial charge in [0.05, 0.1) is 5.69 Å². The second kappa shape index (κ2) is 4.79. The van der Waals surface area contributed by atoms with Crippen LogP contribution in [0, 0.1) is 12.8 Å². The molecule has 0 amide bonds. The normalized spacial score (nSPS) is 15.1. The Hall–Kier alpha value is -1.83. The van der Waals surface area contributed by atoms with Crippen molar-refractivity contribution >= 4 is 11.9 Å². The SMILES string of the molecule is Cc1ccc(N(C)/N=C/C2C=CC=C2)cc1. The maximum Gasteiger partial charge on any atom is 0.0590 e. The molecule has 1 aromatic rings. The van der Waals surface area contributed by atoms with E-state index in [0.717, 1.165) is 5.69 Å². The number of nitrogens with zero attached hydrogens (tertiary/aromatic N) is 2. The van der Waals surface area contributed by atoms with Gasteiger partial charge in [0.25, 0.3) is 0 Å². The van der Waals surface area contributed by atoms with Crippen LogP contribution in [0.15, 0.2) is 53.7 Å². The van der Waals surface area contributed by atoms with E-state index in [1.807, 2.05) is 30.4 Å². The monoisotopic (exact) mass is 212 g/mol. The molecular weight excluding hydrogens is 196 g/mol. The van der Waals surface area contributed by atoms with Crippen LogP contribution in [0.1, 0.15) is 5.56 Å². The predicted octanol–water partition coefficient (Wildman–Crippen LogP) is 3.16. The molecule has 0 spiro atoms. The van der Waals surface area contributed by atoms with E-state index >= 15 is 0 Å². The van der Waals surface area contributed by atoms with Crippen molar-refractivity contribution in [3.8, 4) is 0 Å². The van der Waals surface area contributed by atoms with Gasteiger partial charge in [0, 0.05) is 19.2 Å². The number of hydrazone groups is 1. The summed E-state index contributed by atoms with van der Waals surface area (Å²) in [4.78, 5) is 0. The molecule has 2 heteroatoms. The molecule has 2 nitrogen and oxygen atoms in total. The van der Waals surface area contributed by atoms with Crippen LogP contribution in [0.2, 0.25) is 0 Å². The standard InChI is InChI=1S/C14H16N2/c1-12-7-9-14(10-8-12)16(2)15-11-13-5-3-4-6-13/h3-11,13H,1-2H3/b15-11+. The minimum atomic E-state index is 0.341. The first-order chi connectivity index (χ1) is 7.75. The summed E-state index contributed by atoms with van der Waals surface area (Å²) >= 11 is 0. The topological polar surface area (TPSA) is 15.6 Å². The number of allylic oxidation sites excluding steroid dienone is 4. The smallest absolute Gasteiger partial charge is 0.0590 e. The van der Waals surface area contributed by atoms with Gasteiger partial charge in [0.1, 0.15) is 0 Å². The Labute approximate surface area is 96.6 Å². The largest absolute Gasteiger partial charge is 0.269 e. The molecule has 0 unspecified atom stereocenters. The fraction of sp³-hybridized carbons (Fsp3) is 0.214. The summed E-state index contributed by atoms with van der Waals surface area (Å²) in [5.74, 6) is 0.341. The van der Waals surface area contributed by atoms with Gasteiger partial charge in [-0.3, -0.25) is 5.01 Å². The summed E-state index contributed by atoms with van der Waals surface area (Å²) in [7, 11) is 1.96. The zero-order chi connectivity index (χ0) is 11.4. The van der Waals surface area contributed by atoms with Gasteiger partial charge < -0.3 is 0 Å². The number of aryl methyl sites for hydroxylation is 1. The molecule has 0 radical (unpaired) electrons. The highest BCUT2D eigenvalue weighted by Gasteiger charge is 2.01. The number of hydrogen-bond donors (Lipinski definition) is 0. The van der Waals surface area contributed by atoms with Crippen LogP contribution in [0.4, 0.5) is 5.69 Å². The van der Waals surface area contributed by atoms with Crippen LogP contribution in [-0.4, -0.2) is 13.3 Å². The molecule has 16 heavy (non-hydrogen) atoms. The van der Waals surface area contributed by atoms with Gasteiger partial charge in [-0.1, -0.05) is 42.0 Å². The van der Waals surface area contributed by atoms with Gasteiger partial charge in [-0.15, -0.1) is 0 Å². The van der Waals surface area contributed by atoms with E-state index in [4.69, 9.17) is 0 Å². The second-order valence-electron chi connectivity index (χ2n) is 3.97. The molecule has 0 saturated carbocycles. The fourth-order valence-corrected chi connectivity index (χ4v) is 1.55. The molecule has 0 fully saturated rings. The summed E-state index contributed by atoms with van der Waals surface area (Å²) in [5, 5.41) is 6.30. The minimum absolute atomic E-state index is 0.341. The van der Waals surface area contributed by atoms with Crippen LogP contribution < -0.4 is 5.01 Å². The number of rotatable bonds is 3. The molecule has 82 valence electrons. The lowest BCUT2D eigenvalue weighted by molar-refractivity contribution is 1.00. The molecule has 1 aromatic carbocycles. The first-order valence-corrected chi connectivity index (χ1v) is 5.45. The van der Waals surface area contributed by atoms with E-state index in [-0.39, 0.29) is 0 Å². The van der Waals surface area contributed by atoms with Crippen LogP contribution in [-0.2, 0) is 0 Å². The average Bonchev–Trinajstić information content (AvgIpc) is 2.80. The molecule has 0 aliphatic heterocycles. The van der Waals surface area contributed by atoms with Crippen molar-refractivity contribution in [1.29, 1.82) is 0 Å². The quantitative estimate of drug-likeness (QED) is 0.555. The van der Waals surface area contributed by atoms with Crippen molar-refractivity contribution in [2.45, 2.75) is 6.92 Å². The zero-order valence-corrected chi connectivity index (χ0v) is 9.67. The fourth-order valence-electron chi connectivity index (χ4n) is 1.55. The van der Waals surface area contributed by atoms with E-state index in [1.54, 1.807) is 0 Å². The molecule has 1 aliphatic carbocycles. The van der Waals surface area contributed by atoms with Gasteiger partial charge >= 0.3 is 0 Å².